The number of aromatic carboxylic acids is 1. The molecule has 1 aliphatic rings. The lowest BCUT2D eigenvalue weighted by Gasteiger charge is -2.36. The third-order valence-corrected chi connectivity index (χ3v) is 9.27. The molecule has 48 heavy (non-hydrogen) atoms. The van der Waals surface area contributed by atoms with Gasteiger partial charge in [-0.2, -0.15) is 0 Å². The summed E-state index contributed by atoms with van der Waals surface area (Å²) in [6.07, 6.45) is 1.06. The Labute approximate surface area is 283 Å². The first kappa shape index (κ1) is 34.8. The van der Waals surface area contributed by atoms with Gasteiger partial charge in [0.2, 0.25) is 5.91 Å². The van der Waals surface area contributed by atoms with E-state index in [0.29, 0.717) is 38.0 Å². The number of thioether (sulfide) groups is 1. The van der Waals surface area contributed by atoms with Crippen molar-refractivity contribution in [1.82, 2.24) is 5.32 Å². The molecule has 5 rings (SSSR count). The van der Waals surface area contributed by atoms with Gasteiger partial charge in [0.1, 0.15) is 0 Å². The van der Waals surface area contributed by atoms with E-state index in [1.54, 1.807) is 23.9 Å². The first-order valence-corrected chi connectivity index (χ1v) is 16.9. The molecule has 0 bridgehead atoms. The number of carboxylic acids is 2. The van der Waals surface area contributed by atoms with Gasteiger partial charge in [-0.05, 0) is 71.0 Å². The summed E-state index contributed by atoms with van der Waals surface area (Å²) in [6, 6.07) is 30.6. The maximum atomic E-state index is 12.2. The van der Waals surface area contributed by atoms with Gasteiger partial charge in [-0.1, -0.05) is 66.7 Å². The van der Waals surface area contributed by atoms with E-state index in [4.69, 9.17) is 14.6 Å². The molecule has 1 aliphatic heterocycles. The highest BCUT2D eigenvalue weighted by Crippen LogP contribution is 2.40. The summed E-state index contributed by atoms with van der Waals surface area (Å²) >= 11 is 1.61. The Kier molecular flexibility index (Phi) is 12.4. The highest BCUT2D eigenvalue weighted by atomic mass is 32.2. The highest BCUT2D eigenvalue weighted by Gasteiger charge is 2.32. The molecule has 1 heterocycles. The second kappa shape index (κ2) is 17.1. The van der Waals surface area contributed by atoms with E-state index >= 15 is 0 Å². The number of carbonyl (C=O) groups is 3. The molecule has 0 saturated carbocycles. The number of benzene rings is 4. The monoisotopic (exact) mass is 669 g/mol. The number of unbranched alkanes of at least 4 members (excludes halogenated alkanes) is 1. The molecular weight excluding hydrogens is 630 g/mol. The summed E-state index contributed by atoms with van der Waals surface area (Å²) in [5.74, 6) is -1.25. The van der Waals surface area contributed by atoms with Crippen LogP contribution in [-0.2, 0) is 32.2 Å². The van der Waals surface area contributed by atoms with E-state index in [9.17, 15) is 24.6 Å². The molecule has 4 aromatic carbocycles. The number of carbonyl (C=O) groups excluding carboxylic acids is 1. The molecule has 4 aromatic rings. The van der Waals surface area contributed by atoms with Crippen molar-refractivity contribution in [3.05, 3.63) is 125 Å². The Morgan fingerprint density at radius 2 is 1.48 bits per heavy atom. The van der Waals surface area contributed by atoms with Crippen LogP contribution in [0, 0.1) is 0 Å². The molecule has 1 saturated heterocycles. The molecule has 1 fully saturated rings. The topological polar surface area (TPSA) is 142 Å². The van der Waals surface area contributed by atoms with Gasteiger partial charge < -0.3 is 30.1 Å². The van der Waals surface area contributed by atoms with Gasteiger partial charge >= 0.3 is 11.9 Å². The van der Waals surface area contributed by atoms with E-state index in [2.05, 4.69) is 5.32 Å². The zero-order valence-corrected chi connectivity index (χ0v) is 27.2. The Morgan fingerprint density at radius 3 is 2.17 bits per heavy atom. The van der Waals surface area contributed by atoms with Crippen molar-refractivity contribution in [2.75, 3.05) is 5.75 Å². The van der Waals surface area contributed by atoms with Crippen molar-refractivity contribution >= 4 is 29.6 Å². The quantitative estimate of drug-likeness (QED) is 0.0767. The van der Waals surface area contributed by atoms with Gasteiger partial charge in [0.15, 0.2) is 6.29 Å². The maximum absolute atomic E-state index is 12.2. The molecule has 10 heteroatoms. The van der Waals surface area contributed by atoms with Crippen LogP contribution in [0.1, 0.15) is 77.1 Å². The molecule has 0 spiro atoms. The van der Waals surface area contributed by atoms with Crippen LogP contribution in [0.3, 0.4) is 0 Å². The standard InChI is InChI=1S/C38H39NO8S/c40-23-25-8-10-28(11-9-25)34-21-32(24-48-33-18-16-29(17-19-33)37(44)45)46-38(47-34)30-14-12-27(13-15-30)31-5-3-4-26(20-31)22-39-35(41)6-1-2-7-36(42)43/h3-5,8-20,32,34,38,40H,1-2,6-7,21-24H2,(H,39,41)(H,42,43)(H,44,45). The lowest BCUT2D eigenvalue weighted by molar-refractivity contribution is -0.245. The summed E-state index contributed by atoms with van der Waals surface area (Å²) < 4.78 is 13.0. The second-order valence-corrected chi connectivity index (χ2v) is 12.8. The van der Waals surface area contributed by atoms with Crippen molar-refractivity contribution in [1.29, 1.82) is 0 Å². The third-order valence-electron chi connectivity index (χ3n) is 8.13. The number of aliphatic hydroxyl groups excluding tert-OH is 1. The van der Waals surface area contributed by atoms with Crippen LogP contribution < -0.4 is 5.32 Å². The summed E-state index contributed by atoms with van der Waals surface area (Å²) in [5, 5.41) is 30.4. The average Bonchev–Trinajstić information content (AvgIpc) is 3.12. The number of hydrogen-bond donors (Lipinski definition) is 4. The van der Waals surface area contributed by atoms with Crippen LogP contribution in [-0.4, -0.2) is 45.0 Å². The Morgan fingerprint density at radius 1 is 0.771 bits per heavy atom. The van der Waals surface area contributed by atoms with Gasteiger partial charge in [-0.25, -0.2) is 4.79 Å². The fourth-order valence-electron chi connectivity index (χ4n) is 5.45. The number of ether oxygens (including phenoxy) is 2. The van der Waals surface area contributed by atoms with Crippen molar-refractivity contribution < 1.29 is 39.2 Å². The van der Waals surface area contributed by atoms with E-state index < -0.39 is 18.2 Å². The fraction of sp³-hybridized carbons (Fsp3) is 0.289. The highest BCUT2D eigenvalue weighted by molar-refractivity contribution is 7.99. The van der Waals surface area contributed by atoms with Gasteiger partial charge in [0.25, 0.3) is 0 Å². The minimum Gasteiger partial charge on any atom is -0.481 e. The predicted molar refractivity (Wildman–Crippen MR) is 182 cm³/mol. The zero-order valence-electron chi connectivity index (χ0n) is 26.4. The summed E-state index contributed by atoms with van der Waals surface area (Å²) in [7, 11) is 0. The molecule has 4 N–H and O–H groups in total. The average molecular weight is 670 g/mol. The van der Waals surface area contributed by atoms with E-state index in [-0.39, 0.29) is 36.7 Å². The van der Waals surface area contributed by atoms with Crippen LogP contribution in [0.2, 0.25) is 0 Å². The SMILES string of the molecule is O=C(O)CCCCC(=O)NCc1cccc(-c2ccc(C3OC(CSc4ccc(C(=O)O)cc4)CC(c4ccc(CO)cc4)O3)cc2)c1. The number of nitrogens with one attached hydrogen (secondary N) is 1. The summed E-state index contributed by atoms with van der Waals surface area (Å²) in [5.41, 5.74) is 5.92. The number of amides is 1. The second-order valence-electron chi connectivity index (χ2n) is 11.7. The molecule has 0 aromatic heterocycles. The number of rotatable bonds is 15. The van der Waals surface area contributed by atoms with Gasteiger partial charge in [-0.15, -0.1) is 11.8 Å². The van der Waals surface area contributed by atoms with Gasteiger partial charge in [0.05, 0.1) is 24.4 Å². The number of hydrogen-bond acceptors (Lipinski definition) is 7. The maximum Gasteiger partial charge on any atom is 0.335 e. The Bertz CT molecular complexity index is 1670. The van der Waals surface area contributed by atoms with Crippen molar-refractivity contribution in [3.63, 3.8) is 0 Å². The molecule has 9 nitrogen and oxygen atoms in total. The number of carboxylic acid groups (broad SMARTS) is 2. The van der Waals surface area contributed by atoms with E-state index in [1.807, 2.05) is 84.9 Å². The fourth-order valence-corrected chi connectivity index (χ4v) is 6.37. The molecule has 3 atom stereocenters. The van der Waals surface area contributed by atoms with Crippen LogP contribution in [0.25, 0.3) is 11.1 Å². The Hall–Kier alpha value is -4.48. The smallest absolute Gasteiger partial charge is 0.335 e. The molecule has 0 aliphatic carbocycles. The molecule has 3 unspecified atom stereocenters. The van der Waals surface area contributed by atoms with Crippen LogP contribution in [0.5, 0.6) is 0 Å². The molecular formula is C38H39NO8S. The normalized spacial score (nSPS) is 17.5. The lowest BCUT2D eigenvalue weighted by atomic mass is 9.99. The van der Waals surface area contributed by atoms with Crippen molar-refractivity contribution in [3.8, 4) is 11.1 Å². The summed E-state index contributed by atoms with van der Waals surface area (Å²) in [4.78, 5) is 35.1. The van der Waals surface area contributed by atoms with Crippen LogP contribution >= 0.6 is 11.8 Å². The van der Waals surface area contributed by atoms with Crippen LogP contribution in [0.4, 0.5) is 0 Å². The molecule has 0 radical (unpaired) electrons. The Balaban J connectivity index is 1.24. The minimum absolute atomic E-state index is 0.0302. The van der Waals surface area contributed by atoms with E-state index in [0.717, 1.165) is 38.3 Å². The predicted octanol–water partition coefficient (Wildman–Crippen LogP) is 7.14. The van der Waals surface area contributed by atoms with Gasteiger partial charge in [-0.3, -0.25) is 9.59 Å². The lowest BCUT2D eigenvalue weighted by Crippen LogP contribution is -2.31. The number of aliphatic hydroxyl groups is 1. The van der Waals surface area contributed by atoms with E-state index in [1.165, 1.54) is 0 Å². The molecule has 250 valence electrons. The van der Waals surface area contributed by atoms with Gasteiger partial charge in [0, 0.05) is 42.0 Å². The third kappa shape index (κ3) is 10.0. The van der Waals surface area contributed by atoms with Crippen molar-refractivity contribution in [2.24, 2.45) is 0 Å². The number of aliphatic carboxylic acids is 1. The molecule has 1 amide bonds. The first-order valence-electron chi connectivity index (χ1n) is 15.9. The minimum atomic E-state index is -0.956. The van der Waals surface area contributed by atoms with Crippen LogP contribution in [0.15, 0.2) is 102 Å². The van der Waals surface area contributed by atoms with Crippen molar-refractivity contribution in [2.45, 2.75) is 68.6 Å². The zero-order chi connectivity index (χ0) is 33.9. The largest absolute Gasteiger partial charge is 0.481 e. The first-order chi connectivity index (χ1) is 23.3. The summed E-state index contributed by atoms with van der Waals surface area (Å²) in [6.45, 7) is 0.356.